The number of rotatable bonds is 8. The Hall–Kier alpha value is -1.55. The van der Waals surface area contributed by atoms with Crippen LogP contribution in [0.15, 0.2) is 23.1 Å². The maximum Gasteiger partial charge on any atom is 0.270 e. The Kier molecular flexibility index (Phi) is 5.92. The highest BCUT2D eigenvalue weighted by Gasteiger charge is 2.35. The number of benzene rings is 1. The molecule has 1 atom stereocenters. The van der Waals surface area contributed by atoms with E-state index in [1.165, 1.54) is 12.1 Å². The van der Waals surface area contributed by atoms with E-state index in [9.17, 15) is 18.5 Å². The van der Waals surface area contributed by atoms with Gasteiger partial charge in [0.2, 0.25) is 10.0 Å². The summed E-state index contributed by atoms with van der Waals surface area (Å²) in [6.45, 7) is 3.19. The average molecular weight is 357 g/mol. The second-order valence-electron chi connectivity index (χ2n) is 5.97. The van der Waals surface area contributed by atoms with Crippen molar-refractivity contribution in [3.8, 4) is 0 Å². The van der Waals surface area contributed by atoms with Crippen LogP contribution in [0.1, 0.15) is 25.3 Å². The van der Waals surface area contributed by atoms with Gasteiger partial charge in [-0.05, 0) is 31.4 Å². The molecule has 2 N–H and O–H groups in total. The van der Waals surface area contributed by atoms with Crippen molar-refractivity contribution in [1.82, 2.24) is 10.0 Å². The molecule has 0 aliphatic carbocycles. The van der Waals surface area contributed by atoms with Gasteiger partial charge in [0.05, 0.1) is 22.0 Å². The van der Waals surface area contributed by atoms with Crippen molar-refractivity contribution in [3.05, 3.63) is 33.9 Å². The SMILES string of the molecule is CCc1ccc([N+](=O)[O-])cc1S(=O)(=O)NCC1(COC)CCCN1. The third-order valence-electron chi connectivity index (χ3n) is 4.29. The van der Waals surface area contributed by atoms with Gasteiger partial charge in [0, 0.05) is 25.8 Å². The number of hydrogen-bond donors (Lipinski definition) is 2. The van der Waals surface area contributed by atoms with E-state index in [2.05, 4.69) is 10.0 Å². The van der Waals surface area contributed by atoms with Crippen molar-refractivity contribution in [2.45, 2.75) is 36.6 Å². The lowest BCUT2D eigenvalue weighted by Gasteiger charge is -2.29. The molecule has 1 aromatic rings. The van der Waals surface area contributed by atoms with Crippen molar-refractivity contribution in [3.63, 3.8) is 0 Å². The van der Waals surface area contributed by atoms with Crippen molar-refractivity contribution in [2.75, 3.05) is 26.8 Å². The maximum atomic E-state index is 12.7. The van der Waals surface area contributed by atoms with Crippen LogP contribution in [-0.2, 0) is 21.2 Å². The van der Waals surface area contributed by atoms with Crippen molar-refractivity contribution in [1.29, 1.82) is 0 Å². The molecule has 1 heterocycles. The van der Waals surface area contributed by atoms with E-state index in [1.54, 1.807) is 7.11 Å². The standard InChI is InChI=1S/C15H23N3O5S/c1-3-12-5-6-13(18(19)20)9-14(12)24(21,22)17-10-15(11-23-2)7-4-8-16-15/h5-6,9,16-17H,3-4,7-8,10-11H2,1-2H3. The molecular formula is C15H23N3O5S. The zero-order valence-electron chi connectivity index (χ0n) is 13.9. The topological polar surface area (TPSA) is 111 Å². The van der Waals surface area contributed by atoms with Crippen LogP contribution in [0.25, 0.3) is 0 Å². The molecular weight excluding hydrogens is 334 g/mol. The Bertz CT molecular complexity index is 699. The number of non-ortho nitro benzene ring substituents is 1. The van der Waals surface area contributed by atoms with E-state index in [1.807, 2.05) is 6.92 Å². The third kappa shape index (κ3) is 4.10. The molecule has 1 aliphatic rings. The Labute approximate surface area is 141 Å². The van der Waals surface area contributed by atoms with Crippen molar-refractivity contribution < 1.29 is 18.1 Å². The predicted octanol–water partition coefficient (Wildman–Crippen LogP) is 1.20. The van der Waals surface area contributed by atoms with E-state index in [-0.39, 0.29) is 17.1 Å². The minimum atomic E-state index is -3.85. The van der Waals surface area contributed by atoms with E-state index in [0.29, 0.717) is 18.6 Å². The largest absolute Gasteiger partial charge is 0.383 e. The van der Waals surface area contributed by atoms with E-state index < -0.39 is 20.5 Å². The second kappa shape index (κ2) is 7.56. The number of nitro benzene ring substituents is 1. The van der Waals surface area contributed by atoms with Crippen LogP contribution in [0.5, 0.6) is 0 Å². The van der Waals surface area contributed by atoms with Crippen LogP contribution in [0.2, 0.25) is 0 Å². The van der Waals surface area contributed by atoms with Gasteiger partial charge in [0.15, 0.2) is 0 Å². The van der Waals surface area contributed by atoms with Crippen LogP contribution in [0.3, 0.4) is 0 Å². The van der Waals surface area contributed by atoms with Gasteiger partial charge in [-0.15, -0.1) is 0 Å². The number of sulfonamides is 1. The molecule has 1 unspecified atom stereocenters. The first-order chi connectivity index (χ1) is 11.3. The summed E-state index contributed by atoms with van der Waals surface area (Å²) < 4.78 is 33.2. The van der Waals surface area contributed by atoms with Crippen molar-refractivity contribution >= 4 is 15.7 Å². The first-order valence-corrected chi connectivity index (χ1v) is 9.33. The molecule has 1 saturated heterocycles. The molecule has 134 valence electrons. The van der Waals surface area contributed by atoms with Crippen LogP contribution in [0.4, 0.5) is 5.69 Å². The number of aryl methyl sites for hydroxylation is 1. The molecule has 1 fully saturated rings. The smallest absolute Gasteiger partial charge is 0.270 e. The summed E-state index contributed by atoms with van der Waals surface area (Å²) in [5.41, 5.74) is -0.124. The number of hydrogen-bond acceptors (Lipinski definition) is 6. The lowest BCUT2D eigenvalue weighted by Crippen LogP contribution is -2.52. The van der Waals surface area contributed by atoms with E-state index in [4.69, 9.17) is 4.74 Å². The first-order valence-electron chi connectivity index (χ1n) is 7.84. The summed E-state index contributed by atoms with van der Waals surface area (Å²) in [6, 6.07) is 3.93. The first kappa shape index (κ1) is 18.8. The van der Waals surface area contributed by atoms with Gasteiger partial charge in [-0.1, -0.05) is 13.0 Å². The number of ether oxygens (including phenoxy) is 1. The summed E-state index contributed by atoms with van der Waals surface area (Å²) >= 11 is 0. The Morgan fingerprint density at radius 3 is 2.75 bits per heavy atom. The van der Waals surface area contributed by atoms with E-state index >= 15 is 0 Å². The molecule has 0 bridgehead atoms. The fourth-order valence-corrected chi connectivity index (χ4v) is 4.44. The van der Waals surface area contributed by atoms with Gasteiger partial charge >= 0.3 is 0 Å². The molecule has 24 heavy (non-hydrogen) atoms. The summed E-state index contributed by atoms with van der Waals surface area (Å²) in [6.07, 6.45) is 2.22. The molecule has 9 heteroatoms. The molecule has 0 amide bonds. The molecule has 8 nitrogen and oxygen atoms in total. The fraction of sp³-hybridized carbons (Fsp3) is 0.600. The summed E-state index contributed by atoms with van der Waals surface area (Å²) in [7, 11) is -2.28. The second-order valence-corrected chi connectivity index (χ2v) is 7.71. The highest BCUT2D eigenvalue weighted by Crippen LogP contribution is 2.24. The molecule has 2 rings (SSSR count). The van der Waals surface area contributed by atoms with Crippen LogP contribution in [-0.4, -0.2) is 45.7 Å². The monoisotopic (exact) mass is 357 g/mol. The number of nitrogens with zero attached hydrogens (tertiary/aromatic N) is 1. The average Bonchev–Trinajstić information content (AvgIpc) is 3.02. The van der Waals surface area contributed by atoms with Gasteiger partial charge in [0.1, 0.15) is 0 Å². The van der Waals surface area contributed by atoms with Crippen LogP contribution < -0.4 is 10.0 Å². The third-order valence-corrected chi connectivity index (χ3v) is 5.77. The molecule has 0 aromatic heterocycles. The summed E-state index contributed by atoms with van der Waals surface area (Å²) in [5, 5.41) is 14.2. The lowest BCUT2D eigenvalue weighted by atomic mass is 9.99. The normalized spacial score (nSPS) is 21.1. The highest BCUT2D eigenvalue weighted by atomic mass is 32.2. The number of nitro groups is 1. The van der Waals surface area contributed by atoms with Crippen LogP contribution >= 0.6 is 0 Å². The molecule has 1 aromatic carbocycles. The predicted molar refractivity (Wildman–Crippen MR) is 89.5 cm³/mol. The van der Waals surface area contributed by atoms with Gasteiger partial charge in [-0.2, -0.15) is 0 Å². The minimum absolute atomic E-state index is 0.0373. The van der Waals surface area contributed by atoms with Gasteiger partial charge < -0.3 is 10.1 Å². The van der Waals surface area contributed by atoms with E-state index in [0.717, 1.165) is 25.5 Å². The quantitative estimate of drug-likeness (QED) is 0.534. The summed E-state index contributed by atoms with van der Waals surface area (Å²) in [5.74, 6) is 0. The molecule has 0 spiro atoms. The maximum absolute atomic E-state index is 12.7. The van der Waals surface area contributed by atoms with Gasteiger partial charge in [-0.25, -0.2) is 13.1 Å². The Morgan fingerprint density at radius 2 is 2.21 bits per heavy atom. The number of nitrogens with one attached hydrogen (secondary N) is 2. The number of methoxy groups -OCH3 is 1. The molecule has 0 radical (unpaired) electrons. The van der Waals surface area contributed by atoms with Gasteiger partial charge in [0.25, 0.3) is 5.69 Å². The lowest BCUT2D eigenvalue weighted by molar-refractivity contribution is -0.385. The molecule has 0 saturated carbocycles. The van der Waals surface area contributed by atoms with Crippen LogP contribution in [0, 0.1) is 10.1 Å². The molecule has 1 aliphatic heterocycles. The van der Waals surface area contributed by atoms with Crippen molar-refractivity contribution in [2.24, 2.45) is 0 Å². The highest BCUT2D eigenvalue weighted by molar-refractivity contribution is 7.89. The zero-order valence-corrected chi connectivity index (χ0v) is 14.7. The Morgan fingerprint density at radius 1 is 1.46 bits per heavy atom. The zero-order chi connectivity index (χ0) is 17.8. The Balaban J connectivity index is 2.26. The fourth-order valence-electron chi connectivity index (χ4n) is 2.98. The van der Waals surface area contributed by atoms with Gasteiger partial charge in [-0.3, -0.25) is 10.1 Å². The minimum Gasteiger partial charge on any atom is -0.383 e. The summed E-state index contributed by atoms with van der Waals surface area (Å²) in [4.78, 5) is 10.3.